The van der Waals surface area contributed by atoms with Gasteiger partial charge in [-0.2, -0.15) is 0 Å². The summed E-state index contributed by atoms with van der Waals surface area (Å²) in [5.74, 6) is 1.04. The smallest absolute Gasteiger partial charge is 0.341 e. The molecule has 2 aliphatic carbocycles. The quantitative estimate of drug-likeness (QED) is 0.734. The monoisotopic (exact) mass is 329 g/mol. The molecule has 128 valence electrons. The molecular weight excluding hydrogens is 306 g/mol. The van der Waals surface area contributed by atoms with Crippen molar-refractivity contribution in [1.82, 2.24) is 9.97 Å². The summed E-state index contributed by atoms with van der Waals surface area (Å²) in [6.07, 6.45) is 6.95. The number of aromatic amines is 1. The van der Waals surface area contributed by atoms with E-state index in [1.165, 1.54) is 19.3 Å². The number of nitrogens with one attached hydrogen (secondary N) is 2. The Bertz CT molecular complexity index is 757. The van der Waals surface area contributed by atoms with Gasteiger partial charge in [0, 0.05) is 36.3 Å². The number of ether oxygens (including phenoxy) is 1. The van der Waals surface area contributed by atoms with Crippen LogP contribution in [0.1, 0.15) is 36.5 Å². The topological polar surface area (TPSA) is 87.2 Å². The third-order valence-electron chi connectivity index (χ3n) is 5.69. The number of hydrogen-bond acceptors (Lipinski definition) is 5. The van der Waals surface area contributed by atoms with Gasteiger partial charge >= 0.3 is 5.97 Å². The predicted molar refractivity (Wildman–Crippen MR) is 90.9 cm³/mol. The molecule has 4 rings (SSSR count). The van der Waals surface area contributed by atoms with E-state index in [0.29, 0.717) is 24.0 Å². The average molecular weight is 329 g/mol. The van der Waals surface area contributed by atoms with Crippen LogP contribution in [-0.4, -0.2) is 40.3 Å². The van der Waals surface area contributed by atoms with Gasteiger partial charge < -0.3 is 20.1 Å². The van der Waals surface area contributed by atoms with Crippen molar-refractivity contribution in [3.05, 3.63) is 24.0 Å². The second-order valence-corrected chi connectivity index (χ2v) is 6.86. The SMILES string of the molecule is CCOC(=O)c1cnc2[nH]ccc2c1NC1C2CCC(C2)C1CO. The molecule has 6 heteroatoms. The van der Waals surface area contributed by atoms with Gasteiger partial charge in [0.15, 0.2) is 0 Å². The summed E-state index contributed by atoms with van der Waals surface area (Å²) in [6.45, 7) is 2.32. The molecule has 24 heavy (non-hydrogen) atoms. The maximum atomic E-state index is 12.4. The highest BCUT2D eigenvalue weighted by atomic mass is 16.5. The first kappa shape index (κ1) is 15.4. The molecule has 0 spiro atoms. The Hall–Kier alpha value is -2.08. The van der Waals surface area contributed by atoms with Crippen LogP contribution in [0.2, 0.25) is 0 Å². The van der Waals surface area contributed by atoms with E-state index < -0.39 is 0 Å². The Morgan fingerprint density at radius 3 is 3.08 bits per heavy atom. The fourth-order valence-electron chi connectivity index (χ4n) is 4.59. The second kappa shape index (κ2) is 6.09. The second-order valence-electron chi connectivity index (χ2n) is 6.86. The number of carbonyl (C=O) groups excluding carboxylic acids is 1. The Morgan fingerprint density at radius 1 is 1.46 bits per heavy atom. The molecule has 0 amide bonds. The van der Waals surface area contributed by atoms with Gasteiger partial charge in [0.25, 0.3) is 0 Å². The highest BCUT2D eigenvalue weighted by Crippen LogP contribution is 2.49. The molecule has 2 aliphatic rings. The van der Waals surface area contributed by atoms with Crippen LogP contribution < -0.4 is 5.32 Å². The molecule has 2 aromatic heterocycles. The number of rotatable bonds is 5. The maximum Gasteiger partial charge on any atom is 0.341 e. The molecule has 0 aromatic carbocycles. The van der Waals surface area contributed by atoms with Gasteiger partial charge in [-0.15, -0.1) is 0 Å². The minimum absolute atomic E-state index is 0.189. The first-order chi connectivity index (χ1) is 11.7. The lowest BCUT2D eigenvalue weighted by Crippen LogP contribution is -2.37. The fraction of sp³-hybridized carbons (Fsp3) is 0.556. The minimum atomic E-state index is -0.362. The molecule has 0 saturated heterocycles. The van der Waals surface area contributed by atoms with Crippen molar-refractivity contribution in [2.45, 2.75) is 32.2 Å². The van der Waals surface area contributed by atoms with Crippen molar-refractivity contribution in [2.75, 3.05) is 18.5 Å². The Balaban J connectivity index is 1.73. The number of nitrogens with zero attached hydrogens (tertiary/aromatic N) is 1. The van der Waals surface area contributed by atoms with Crippen LogP contribution in [0.4, 0.5) is 5.69 Å². The normalized spacial score (nSPS) is 28.4. The van der Waals surface area contributed by atoms with Crippen LogP contribution in [0.25, 0.3) is 11.0 Å². The van der Waals surface area contributed by atoms with Gasteiger partial charge in [-0.3, -0.25) is 0 Å². The molecular formula is C18H23N3O3. The van der Waals surface area contributed by atoms with Crippen LogP contribution in [0, 0.1) is 17.8 Å². The van der Waals surface area contributed by atoms with Gasteiger partial charge in [0.2, 0.25) is 0 Å². The number of hydrogen-bond donors (Lipinski definition) is 3. The Labute approximate surface area is 140 Å². The largest absolute Gasteiger partial charge is 0.462 e. The Morgan fingerprint density at radius 2 is 2.29 bits per heavy atom. The number of aliphatic hydroxyl groups excluding tert-OH is 1. The van der Waals surface area contributed by atoms with Crippen LogP contribution in [0.5, 0.6) is 0 Å². The van der Waals surface area contributed by atoms with Crippen LogP contribution >= 0.6 is 0 Å². The number of anilines is 1. The molecule has 2 saturated carbocycles. The summed E-state index contributed by atoms with van der Waals surface area (Å²) in [5, 5.41) is 14.3. The summed E-state index contributed by atoms with van der Waals surface area (Å²) in [5.41, 5.74) is 1.98. The van der Waals surface area contributed by atoms with Crippen molar-refractivity contribution < 1.29 is 14.6 Å². The maximum absolute atomic E-state index is 12.4. The standard InChI is InChI=1S/C18H23N3O3/c1-2-24-18(23)13-8-20-17-12(5-6-19-17)16(13)21-15-11-4-3-10(7-11)14(15)9-22/h5-6,8,10-11,14-15,22H,2-4,7,9H2,1H3,(H2,19,20,21). The van der Waals surface area contributed by atoms with Gasteiger partial charge in [0.1, 0.15) is 11.2 Å². The van der Waals surface area contributed by atoms with Crippen molar-refractivity contribution >= 4 is 22.7 Å². The number of esters is 1. The van der Waals surface area contributed by atoms with E-state index in [4.69, 9.17) is 4.74 Å². The lowest BCUT2D eigenvalue weighted by atomic mass is 9.84. The van der Waals surface area contributed by atoms with Crippen LogP contribution in [-0.2, 0) is 4.74 Å². The number of pyridine rings is 1. The highest BCUT2D eigenvalue weighted by molar-refractivity contribution is 6.04. The molecule has 4 unspecified atom stereocenters. The van der Waals surface area contributed by atoms with E-state index in [1.54, 1.807) is 13.1 Å². The van der Waals surface area contributed by atoms with Gasteiger partial charge in [0.05, 0.1) is 12.3 Å². The number of aliphatic hydroxyl groups is 1. The van der Waals surface area contributed by atoms with E-state index in [1.807, 2.05) is 12.3 Å². The molecule has 3 N–H and O–H groups in total. The number of H-pyrrole nitrogens is 1. The predicted octanol–water partition coefficient (Wildman–Crippen LogP) is 2.56. The van der Waals surface area contributed by atoms with Crippen molar-refractivity contribution in [3.63, 3.8) is 0 Å². The molecule has 2 aromatic rings. The summed E-state index contributed by atoms with van der Waals surface area (Å²) in [7, 11) is 0. The first-order valence-electron chi connectivity index (χ1n) is 8.73. The zero-order chi connectivity index (χ0) is 16.7. The van der Waals surface area contributed by atoms with Gasteiger partial charge in [-0.05, 0) is 44.1 Å². The lowest BCUT2D eigenvalue weighted by molar-refractivity contribution is 0.0527. The first-order valence-corrected chi connectivity index (χ1v) is 8.73. The highest BCUT2D eigenvalue weighted by Gasteiger charge is 2.47. The molecule has 0 aliphatic heterocycles. The number of carbonyl (C=O) groups is 1. The van der Waals surface area contributed by atoms with Gasteiger partial charge in [-0.1, -0.05) is 0 Å². The van der Waals surface area contributed by atoms with Crippen LogP contribution in [0.3, 0.4) is 0 Å². The van der Waals surface area contributed by atoms with E-state index in [9.17, 15) is 9.90 Å². The van der Waals surface area contributed by atoms with Crippen molar-refractivity contribution in [2.24, 2.45) is 17.8 Å². The molecule has 4 atom stereocenters. The van der Waals surface area contributed by atoms with Crippen molar-refractivity contribution in [3.8, 4) is 0 Å². The third kappa shape index (κ3) is 2.36. The molecule has 2 heterocycles. The van der Waals surface area contributed by atoms with E-state index >= 15 is 0 Å². The number of aromatic nitrogens is 2. The molecule has 0 radical (unpaired) electrons. The van der Waals surface area contributed by atoms with Crippen molar-refractivity contribution in [1.29, 1.82) is 0 Å². The molecule has 2 fully saturated rings. The third-order valence-corrected chi connectivity index (χ3v) is 5.69. The summed E-state index contributed by atoms with van der Waals surface area (Å²) in [4.78, 5) is 19.8. The van der Waals surface area contributed by atoms with E-state index in [-0.39, 0.29) is 24.5 Å². The zero-order valence-corrected chi connectivity index (χ0v) is 13.8. The average Bonchev–Trinajstić information content (AvgIpc) is 3.30. The summed E-state index contributed by atoms with van der Waals surface area (Å²) >= 11 is 0. The molecule has 2 bridgehead atoms. The van der Waals surface area contributed by atoms with E-state index in [0.717, 1.165) is 16.7 Å². The molecule has 6 nitrogen and oxygen atoms in total. The Kier molecular flexibility index (Phi) is 3.92. The van der Waals surface area contributed by atoms with Crippen LogP contribution in [0.15, 0.2) is 18.5 Å². The fourth-order valence-corrected chi connectivity index (χ4v) is 4.59. The van der Waals surface area contributed by atoms with Gasteiger partial charge in [-0.25, -0.2) is 9.78 Å². The summed E-state index contributed by atoms with van der Waals surface area (Å²) in [6, 6.07) is 2.12. The number of fused-ring (bicyclic) bond motifs is 3. The summed E-state index contributed by atoms with van der Waals surface area (Å²) < 4.78 is 5.20. The zero-order valence-electron chi connectivity index (χ0n) is 13.8. The van der Waals surface area contributed by atoms with E-state index in [2.05, 4.69) is 15.3 Å². The minimum Gasteiger partial charge on any atom is -0.462 e. The lowest BCUT2D eigenvalue weighted by Gasteiger charge is -2.32.